The third-order valence-corrected chi connectivity index (χ3v) is 3.11. The number of benzene rings is 1. The zero-order valence-corrected chi connectivity index (χ0v) is 12.3. The summed E-state index contributed by atoms with van der Waals surface area (Å²) >= 11 is 0. The van der Waals surface area contributed by atoms with E-state index in [1.807, 2.05) is 4.72 Å². The molecule has 1 aromatic rings. The van der Waals surface area contributed by atoms with E-state index in [-0.39, 0.29) is 24.2 Å². The van der Waals surface area contributed by atoms with Crippen LogP contribution in [0.2, 0.25) is 0 Å². The third kappa shape index (κ3) is 5.38. The van der Waals surface area contributed by atoms with E-state index in [1.54, 1.807) is 0 Å². The summed E-state index contributed by atoms with van der Waals surface area (Å²) in [6.07, 6.45) is 0.637. The van der Waals surface area contributed by atoms with Crippen molar-refractivity contribution in [3.8, 4) is 0 Å². The van der Waals surface area contributed by atoms with Gasteiger partial charge in [0.2, 0.25) is 10.0 Å². The lowest BCUT2D eigenvalue weighted by Crippen LogP contribution is -2.29. The zero-order chi connectivity index (χ0) is 16.2. The van der Waals surface area contributed by atoms with Crippen molar-refractivity contribution in [2.24, 2.45) is 0 Å². The monoisotopic (exact) mass is 318 g/mol. The van der Waals surface area contributed by atoms with Crippen LogP contribution in [0.25, 0.3) is 0 Å². The number of hydrogen-bond donors (Lipinski definition) is 2. The second kappa shape index (κ2) is 6.53. The molecule has 0 bridgehead atoms. The van der Waals surface area contributed by atoms with Crippen molar-refractivity contribution in [2.45, 2.75) is 6.42 Å². The Kier molecular flexibility index (Phi) is 5.25. The number of sulfonamides is 1. The first-order valence-electron chi connectivity index (χ1n) is 5.85. The Balaban J connectivity index is 2.95. The number of rotatable bonds is 6. The number of carboxylic acids is 1. The molecular formula is C12H15FN2O5S. The van der Waals surface area contributed by atoms with E-state index in [2.05, 4.69) is 0 Å². The van der Waals surface area contributed by atoms with E-state index in [9.17, 15) is 22.4 Å². The molecule has 0 aliphatic rings. The van der Waals surface area contributed by atoms with Crippen molar-refractivity contribution in [1.29, 1.82) is 0 Å². The highest BCUT2D eigenvalue weighted by Crippen LogP contribution is 2.18. The van der Waals surface area contributed by atoms with Crippen LogP contribution in [0.15, 0.2) is 18.2 Å². The molecule has 0 saturated heterocycles. The number of hydrogen-bond acceptors (Lipinski definition) is 4. The van der Waals surface area contributed by atoms with Gasteiger partial charge in [0, 0.05) is 19.2 Å². The number of aliphatic carboxylic acids is 1. The van der Waals surface area contributed by atoms with Crippen LogP contribution in [0.1, 0.15) is 16.8 Å². The van der Waals surface area contributed by atoms with Gasteiger partial charge in [0.15, 0.2) is 0 Å². The summed E-state index contributed by atoms with van der Waals surface area (Å²) in [4.78, 5) is 23.6. The number of nitrogens with zero attached hydrogens (tertiary/aromatic N) is 1. The smallest absolute Gasteiger partial charge is 0.305 e. The van der Waals surface area contributed by atoms with Crippen molar-refractivity contribution in [1.82, 2.24) is 4.90 Å². The normalized spacial score (nSPS) is 11.0. The van der Waals surface area contributed by atoms with E-state index < -0.39 is 27.7 Å². The minimum absolute atomic E-state index is 0.0135. The molecule has 0 heterocycles. The first-order valence-corrected chi connectivity index (χ1v) is 7.74. The Morgan fingerprint density at radius 1 is 1.38 bits per heavy atom. The van der Waals surface area contributed by atoms with Gasteiger partial charge in [0.1, 0.15) is 5.82 Å². The fourth-order valence-electron chi connectivity index (χ4n) is 1.52. The molecule has 1 rings (SSSR count). The lowest BCUT2D eigenvalue weighted by molar-refractivity contribution is -0.137. The number of amides is 1. The molecule has 7 nitrogen and oxygen atoms in total. The first kappa shape index (κ1) is 16.9. The Hall–Kier alpha value is -2.16. The highest BCUT2D eigenvalue weighted by Gasteiger charge is 2.16. The van der Waals surface area contributed by atoms with Crippen LogP contribution in [0.3, 0.4) is 0 Å². The van der Waals surface area contributed by atoms with Crippen molar-refractivity contribution in [3.63, 3.8) is 0 Å². The molecule has 0 fully saturated rings. The Morgan fingerprint density at radius 3 is 2.52 bits per heavy atom. The predicted octanol–water partition coefficient (Wildman–Crippen LogP) is 0.744. The van der Waals surface area contributed by atoms with Crippen molar-refractivity contribution in [2.75, 3.05) is 24.6 Å². The van der Waals surface area contributed by atoms with Crippen LogP contribution in [-0.2, 0) is 14.8 Å². The molecule has 1 amide bonds. The third-order valence-electron chi connectivity index (χ3n) is 2.52. The zero-order valence-electron chi connectivity index (χ0n) is 11.5. The van der Waals surface area contributed by atoms with Gasteiger partial charge in [-0.25, -0.2) is 12.8 Å². The van der Waals surface area contributed by atoms with Crippen molar-refractivity contribution >= 4 is 27.6 Å². The molecule has 2 N–H and O–H groups in total. The van der Waals surface area contributed by atoms with Crippen LogP contribution in [-0.4, -0.2) is 50.1 Å². The molecule has 116 valence electrons. The van der Waals surface area contributed by atoms with Gasteiger partial charge in [-0.2, -0.15) is 0 Å². The van der Waals surface area contributed by atoms with Gasteiger partial charge < -0.3 is 10.0 Å². The summed E-state index contributed by atoms with van der Waals surface area (Å²) in [6, 6.07) is 3.23. The van der Waals surface area contributed by atoms with E-state index in [0.29, 0.717) is 0 Å². The Labute approximate surface area is 121 Å². The van der Waals surface area contributed by atoms with Crippen LogP contribution in [0, 0.1) is 5.82 Å². The molecule has 0 radical (unpaired) electrons. The Morgan fingerprint density at radius 2 is 2.00 bits per heavy atom. The highest BCUT2D eigenvalue weighted by atomic mass is 32.2. The average molecular weight is 318 g/mol. The summed E-state index contributed by atoms with van der Waals surface area (Å²) in [7, 11) is -2.28. The van der Waals surface area contributed by atoms with Crippen molar-refractivity contribution in [3.05, 3.63) is 29.6 Å². The number of halogens is 1. The average Bonchev–Trinajstić information content (AvgIpc) is 2.36. The number of nitrogens with one attached hydrogen (secondary N) is 1. The number of anilines is 1. The summed E-state index contributed by atoms with van der Waals surface area (Å²) in [5.74, 6) is -2.40. The maximum atomic E-state index is 13.5. The van der Waals surface area contributed by atoms with E-state index in [4.69, 9.17) is 5.11 Å². The quantitative estimate of drug-likeness (QED) is 0.805. The van der Waals surface area contributed by atoms with Crippen LogP contribution in [0.5, 0.6) is 0 Å². The van der Waals surface area contributed by atoms with Crippen molar-refractivity contribution < 1.29 is 27.5 Å². The maximum Gasteiger partial charge on any atom is 0.305 e. The second-order valence-corrected chi connectivity index (χ2v) is 6.19. The largest absolute Gasteiger partial charge is 0.481 e. The number of carboxylic acid groups (broad SMARTS) is 1. The molecule has 0 aromatic heterocycles. The standard InChI is InChI=1S/C12H15FN2O5S/c1-15(6-5-11(16)17)12(18)8-3-4-9(13)10(7-8)14-21(2,19)20/h3-4,7,14H,5-6H2,1-2H3,(H,16,17). The van der Waals surface area contributed by atoms with E-state index >= 15 is 0 Å². The molecule has 0 aliphatic carbocycles. The molecule has 0 atom stereocenters. The summed E-state index contributed by atoms with van der Waals surface area (Å²) < 4.78 is 37.7. The summed E-state index contributed by atoms with van der Waals surface area (Å²) in [6.45, 7) is -0.0135. The number of carbonyl (C=O) groups is 2. The second-order valence-electron chi connectivity index (χ2n) is 4.44. The first-order chi connectivity index (χ1) is 9.60. The molecule has 0 saturated carbocycles. The van der Waals surface area contributed by atoms with Gasteiger partial charge in [-0.1, -0.05) is 0 Å². The van der Waals surface area contributed by atoms with E-state index in [0.717, 1.165) is 23.3 Å². The fraction of sp³-hybridized carbons (Fsp3) is 0.333. The van der Waals surface area contributed by atoms with Gasteiger partial charge >= 0.3 is 5.97 Å². The molecule has 0 unspecified atom stereocenters. The summed E-state index contributed by atoms with van der Waals surface area (Å²) in [5.41, 5.74) is -0.287. The Bertz CT molecular complexity index is 660. The molecule has 9 heteroatoms. The molecular weight excluding hydrogens is 303 g/mol. The van der Waals surface area contributed by atoms with Gasteiger partial charge in [0.05, 0.1) is 18.4 Å². The SMILES string of the molecule is CN(CCC(=O)O)C(=O)c1ccc(F)c(NS(C)(=O)=O)c1. The van der Waals surface area contributed by atoms with E-state index in [1.165, 1.54) is 13.1 Å². The van der Waals surface area contributed by atoms with Gasteiger partial charge in [0.25, 0.3) is 5.91 Å². The predicted molar refractivity (Wildman–Crippen MR) is 74.1 cm³/mol. The van der Waals surface area contributed by atoms with Gasteiger partial charge in [-0.05, 0) is 18.2 Å². The molecule has 21 heavy (non-hydrogen) atoms. The fourth-order valence-corrected chi connectivity index (χ4v) is 2.08. The highest BCUT2D eigenvalue weighted by molar-refractivity contribution is 7.92. The van der Waals surface area contributed by atoms with Gasteiger partial charge in [-0.15, -0.1) is 0 Å². The summed E-state index contributed by atoms with van der Waals surface area (Å²) in [5, 5.41) is 8.56. The molecule has 0 aliphatic heterocycles. The molecule has 0 spiro atoms. The lowest BCUT2D eigenvalue weighted by Gasteiger charge is -2.16. The van der Waals surface area contributed by atoms with Crippen LogP contribution in [0.4, 0.5) is 10.1 Å². The molecule has 1 aromatic carbocycles. The van der Waals surface area contributed by atoms with Crippen LogP contribution >= 0.6 is 0 Å². The lowest BCUT2D eigenvalue weighted by atomic mass is 10.1. The minimum Gasteiger partial charge on any atom is -0.481 e. The number of carbonyl (C=O) groups excluding carboxylic acids is 1. The maximum absolute atomic E-state index is 13.5. The van der Waals surface area contributed by atoms with Gasteiger partial charge in [-0.3, -0.25) is 14.3 Å². The topological polar surface area (TPSA) is 104 Å². The van der Waals surface area contributed by atoms with Crippen LogP contribution < -0.4 is 4.72 Å². The minimum atomic E-state index is -3.68.